The number of nitrogens with one attached hydrogen (secondary N) is 1. The Bertz CT molecular complexity index is 541. The van der Waals surface area contributed by atoms with E-state index >= 15 is 0 Å². The fraction of sp³-hybridized carbons (Fsp3) is 0.350. The number of hydrogen-bond acceptors (Lipinski definition) is 1. The van der Waals surface area contributed by atoms with Crippen LogP contribution in [0.2, 0.25) is 0 Å². The third kappa shape index (κ3) is 6.57. The predicted molar refractivity (Wildman–Crippen MR) is 103 cm³/mol. The summed E-state index contributed by atoms with van der Waals surface area (Å²) in [7, 11) is 0. The van der Waals surface area contributed by atoms with Gasteiger partial charge in [0.1, 0.15) is 0 Å². The molecule has 0 aromatic heterocycles. The Morgan fingerprint density at radius 3 is 1.57 bits per heavy atom. The van der Waals surface area contributed by atoms with E-state index < -0.39 is 0 Å². The second kappa shape index (κ2) is 10.2. The lowest BCUT2D eigenvalue weighted by Gasteiger charge is -2.19. The molecular formula is C20H26BrNO. The van der Waals surface area contributed by atoms with Crippen LogP contribution in [0.25, 0.3) is 0 Å². The van der Waals surface area contributed by atoms with E-state index in [0.717, 1.165) is 5.69 Å². The minimum Gasteiger partial charge on any atom is -0.325 e. The summed E-state index contributed by atoms with van der Waals surface area (Å²) in [6.07, 6.45) is 0. The van der Waals surface area contributed by atoms with E-state index in [1.807, 2.05) is 36.4 Å². The van der Waals surface area contributed by atoms with Crippen LogP contribution in [0.3, 0.4) is 0 Å². The first-order chi connectivity index (χ1) is 11.0. The van der Waals surface area contributed by atoms with Gasteiger partial charge in [0, 0.05) is 5.69 Å². The second-order valence-electron chi connectivity index (χ2n) is 5.96. The minimum atomic E-state index is 0.000000000000000222. The highest BCUT2D eigenvalue weighted by atomic mass is 79.9. The van der Waals surface area contributed by atoms with Gasteiger partial charge in [-0.2, -0.15) is 0 Å². The maximum atomic E-state index is 11.6. The van der Waals surface area contributed by atoms with E-state index in [9.17, 15) is 4.79 Å². The van der Waals surface area contributed by atoms with Crippen LogP contribution >= 0.6 is 15.9 Å². The molecule has 0 aliphatic heterocycles. The van der Waals surface area contributed by atoms with E-state index in [4.69, 9.17) is 0 Å². The number of carbonyl (C=O) groups excluding carboxylic acids is 1. The molecule has 1 N–H and O–H groups in total. The molecule has 23 heavy (non-hydrogen) atoms. The Kier molecular flexibility index (Phi) is 8.64. The zero-order valence-electron chi connectivity index (χ0n) is 14.3. The maximum Gasteiger partial charge on any atom is 0.235 e. The van der Waals surface area contributed by atoms with Gasteiger partial charge in [-0.1, -0.05) is 98.2 Å². The molecule has 0 atom stereocenters. The van der Waals surface area contributed by atoms with Crippen molar-refractivity contribution < 1.29 is 4.79 Å². The molecule has 0 unspecified atom stereocenters. The van der Waals surface area contributed by atoms with Gasteiger partial charge in [-0.3, -0.25) is 4.79 Å². The molecule has 0 saturated carbocycles. The molecule has 0 aliphatic carbocycles. The number of hydrogen-bond donors (Lipinski definition) is 1. The van der Waals surface area contributed by atoms with Crippen molar-refractivity contribution in [1.82, 2.24) is 0 Å². The predicted octanol–water partition coefficient (Wildman–Crippen LogP) is 5.95. The molecule has 2 nitrogen and oxygen atoms in total. The zero-order valence-corrected chi connectivity index (χ0v) is 15.9. The average Bonchev–Trinajstić information content (AvgIpc) is 2.56. The summed E-state index contributed by atoms with van der Waals surface area (Å²) < 4.78 is 0. The van der Waals surface area contributed by atoms with E-state index in [-0.39, 0.29) is 5.91 Å². The maximum absolute atomic E-state index is 11.6. The largest absolute Gasteiger partial charge is 0.325 e. The van der Waals surface area contributed by atoms with Crippen molar-refractivity contribution in [3.63, 3.8) is 0 Å². The summed E-state index contributed by atoms with van der Waals surface area (Å²) in [5.74, 6) is 0.804. The van der Waals surface area contributed by atoms with Gasteiger partial charge in [-0.25, -0.2) is 0 Å². The number of anilines is 1. The third-order valence-corrected chi connectivity index (χ3v) is 3.93. The Morgan fingerprint density at radius 2 is 1.26 bits per heavy atom. The average molecular weight is 376 g/mol. The highest BCUT2D eigenvalue weighted by molar-refractivity contribution is 9.09. The van der Waals surface area contributed by atoms with E-state index in [1.165, 1.54) is 11.1 Å². The first kappa shape index (κ1) is 19.4. The molecule has 2 aromatic rings. The summed E-state index contributed by atoms with van der Waals surface area (Å²) in [5.41, 5.74) is 3.39. The van der Waals surface area contributed by atoms with Crippen molar-refractivity contribution in [2.45, 2.75) is 39.5 Å². The van der Waals surface area contributed by atoms with Crippen molar-refractivity contribution in [2.75, 3.05) is 10.6 Å². The number of rotatable bonds is 4. The highest BCUT2D eigenvalue weighted by Crippen LogP contribution is 2.32. The molecule has 0 heterocycles. The van der Waals surface area contributed by atoms with Crippen molar-refractivity contribution >= 4 is 27.5 Å². The van der Waals surface area contributed by atoms with Crippen LogP contribution in [0, 0.1) is 0 Å². The van der Waals surface area contributed by atoms with Crippen LogP contribution in [0.5, 0.6) is 0 Å². The number of amides is 1. The smallest absolute Gasteiger partial charge is 0.235 e. The van der Waals surface area contributed by atoms with Crippen LogP contribution < -0.4 is 5.32 Å². The zero-order chi connectivity index (χ0) is 17.2. The fourth-order valence-corrected chi connectivity index (χ4v) is 2.39. The van der Waals surface area contributed by atoms with Gasteiger partial charge >= 0.3 is 0 Å². The Labute approximate surface area is 148 Å². The van der Waals surface area contributed by atoms with E-state index in [1.54, 1.807) is 0 Å². The van der Waals surface area contributed by atoms with Crippen molar-refractivity contribution in [1.29, 1.82) is 0 Å². The summed E-state index contributed by atoms with van der Waals surface area (Å²) in [6, 6.07) is 18.2. The molecule has 0 saturated heterocycles. The molecule has 0 fully saturated rings. The quantitative estimate of drug-likeness (QED) is 0.656. The van der Waals surface area contributed by atoms with Crippen LogP contribution in [-0.4, -0.2) is 11.2 Å². The lowest BCUT2D eigenvalue weighted by Crippen LogP contribution is -2.16. The number of halogens is 1. The molecule has 0 spiro atoms. The number of benzene rings is 2. The van der Waals surface area contributed by atoms with Crippen molar-refractivity contribution in [3.8, 4) is 0 Å². The molecule has 2 aromatic carbocycles. The highest BCUT2D eigenvalue weighted by Gasteiger charge is 2.15. The van der Waals surface area contributed by atoms with Crippen molar-refractivity contribution in [3.05, 3.63) is 65.7 Å². The standard InChI is InChI=1S/C14H20BrNO.C6H6/c1-9(2)11-6-5-7-12(10(3)4)14(11)16-13(17)8-15;1-2-4-6-5-3-1/h5-7,9-10H,8H2,1-4H3,(H,16,17);1-6H. The molecule has 1 amide bonds. The number of alkyl halides is 1. The SMILES string of the molecule is CC(C)c1cccc(C(C)C)c1NC(=O)CBr.c1ccccc1. The lowest BCUT2D eigenvalue weighted by atomic mass is 9.92. The van der Waals surface area contributed by atoms with Gasteiger partial charge < -0.3 is 5.32 Å². The molecule has 0 bridgehead atoms. The minimum absolute atomic E-state index is 0.000000000000000222. The van der Waals surface area contributed by atoms with Crippen LogP contribution in [0.1, 0.15) is 50.7 Å². The van der Waals surface area contributed by atoms with Gasteiger partial charge in [0.15, 0.2) is 0 Å². The first-order valence-electron chi connectivity index (χ1n) is 7.96. The van der Waals surface area contributed by atoms with Gasteiger partial charge in [-0.05, 0) is 23.0 Å². The Morgan fingerprint density at radius 1 is 0.870 bits per heavy atom. The van der Waals surface area contributed by atoms with Crippen LogP contribution in [-0.2, 0) is 4.79 Å². The van der Waals surface area contributed by atoms with Crippen LogP contribution in [0.4, 0.5) is 5.69 Å². The summed E-state index contributed by atoms with van der Waals surface area (Å²) >= 11 is 3.18. The molecule has 0 radical (unpaired) electrons. The molecular weight excluding hydrogens is 350 g/mol. The van der Waals surface area contributed by atoms with E-state index in [0.29, 0.717) is 17.2 Å². The number of para-hydroxylation sites is 1. The Balaban J connectivity index is 0.000000366. The lowest BCUT2D eigenvalue weighted by molar-refractivity contribution is -0.113. The van der Waals surface area contributed by atoms with Crippen molar-refractivity contribution in [2.24, 2.45) is 0 Å². The van der Waals surface area contributed by atoms with Gasteiger partial charge in [-0.15, -0.1) is 0 Å². The van der Waals surface area contributed by atoms with Gasteiger partial charge in [0.25, 0.3) is 0 Å². The fourth-order valence-electron chi connectivity index (χ4n) is 2.25. The number of carbonyl (C=O) groups is 1. The Hall–Kier alpha value is -1.61. The summed E-state index contributed by atoms with van der Waals surface area (Å²) in [4.78, 5) is 11.6. The first-order valence-corrected chi connectivity index (χ1v) is 9.08. The second-order valence-corrected chi connectivity index (χ2v) is 6.52. The topological polar surface area (TPSA) is 29.1 Å². The normalized spacial score (nSPS) is 10.2. The van der Waals surface area contributed by atoms with E-state index in [2.05, 4.69) is 67.1 Å². The molecule has 3 heteroatoms. The summed E-state index contributed by atoms with van der Waals surface area (Å²) in [5, 5.41) is 3.34. The monoisotopic (exact) mass is 375 g/mol. The third-order valence-electron chi connectivity index (χ3n) is 3.43. The van der Waals surface area contributed by atoms with Gasteiger partial charge in [0.05, 0.1) is 5.33 Å². The molecule has 0 aliphatic rings. The molecule has 2 rings (SSSR count). The summed E-state index contributed by atoms with van der Waals surface area (Å²) in [6.45, 7) is 8.57. The van der Waals surface area contributed by atoms with Crippen LogP contribution in [0.15, 0.2) is 54.6 Å². The molecule has 124 valence electrons. The van der Waals surface area contributed by atoms with Gasteiger partial charge in [0.2, 0.25) is 5.91 Å².